The maximum absolute atomic E-state index is 5.66. The van der Waals surface area contributed by atoms with E-state index >= 15 is 0 Å². The number of hydrogen-bond acceptors (Lipinski definition) is 5. The van der Waals surface area contributed by atoms with Gasteiger partial charge in [-0.2, -0.15) is 0 Å². The van der Waals surface area contributed by atoms with Crippen molar-refractivity contribution < 1.29 is 4.74 Å². The SMILES string of the molecule is COc1ccc(Br)c(CC(NN)c2cnc(C)s2)c1. The number of ether oxygens (including phenoxy) is 1. The lowest BCUT2D eigenvalue weighted by Crippen LogP contribution is -2.29. The second kappa shape index (κ2) is 6.47. The van der Waals surface area contributed by atoms with E-state index in [9.17, 15) is 0 Å². The average Bonchev–Trinajstić information content (AvgIpc) is 2.84. The summed E-state index contributed by atoms with van der Waals surface area (Å²) in [5.74, 6) is 6.51. The zero-order valence-electron chi connectivity index (χ0n) is 10.8. The number of halogens is 1. The molecule has 4 nitrogen and oxygen atoms in total. The highest BCUT2D eigenvalue weighted by Crippen LogP contribution is 2.29. The van der Waals surface area contributed by atoms with Crippen molar-refractivity contribution >= 4 is 27.3 Å². The van der Waals surface area contributed by atoms with Crippen LogP contribution in [0.15, 0.2) is 28.9 Å². The number of rotatable bonds is 5. The Morgan fingerprint density at radius 2 is 2.32 bits per heavy atom. The molecular weight excluding hydrogens is 326 g/mol. The Hall–Kier alpha value is -0.950. The number of thiazole rings is 1. The number of benzene rings is 1. The average molecular weight is 342 g/mol. The first-order valence-electron chi connectivity index (χ1n) is 5.85. The summed E-state index contributed by atoms with van der Waals surface area (Å²) in [4.78, 5) is 5.40. The van der Waals surface area contributed by atoms with Crippen molar-refractivity contribution in [2.75, 3.05) is 7.11 Å². The lowest BCUT2D eigenvalue weighted by molar-refractivity contribution is 0.413. The van der Waals surface area contributed by atoms with E-state index in [1.54, 1.807) is 18.4 Å². The van der Waals surface area contributed by atoms with E-state index in [-0.39, 0.29) is 6.04 Å². The molecule has 0 spiro atoms. The van der Waals surface area contributed by atoms with E-state index in [4.69, 9.17) is 10.6 Å². The third-order valence-electron chi connectivity index (χ3n) is 2.86. The molecule has 0 saturated carbocycles. The van der Waals surface area contributed by atoms with Crippen molar-refractivity contribution in [3.8, 4) is 5.75 Å². The fourth-order valence-electron chi connectivity index (χ4n) is 1.83. The van der Waals surface area contributed by atoms with Crippen LogP contribution in [0, 0.1) is 6.92 Å². The molecule has 0 amide bonds. The Balaban J connectivity index is 2.23. The Labute approximate surface area is 125 Å². The summed E-state index contributed by atoms with van der Waals surface area (Å²) in [6, 6.07) is 5.98. The van der Waals surface area contributed by atoms with Crippen LogP contribution in [0.5, 0.6) is 5.75 Å². The molecule has 0 saturated heterocycles. The normalized spacial score (nSPS) is 12.4. The fraction of sp³-hybridized carbons (Fsp3) is 0.308. The molecule has 0 fully saturated rings. The number of aryl methyl sites for hydroxylation is 1. The van der Waals surface area contributed by atoms with Crippen LogP contribution in [0.4, 0.5) is 0 Å². The number of hydrazine groups is 1. The van der Waals surface area contributed by atoms with Crippen LogP contribution in [-0.2, 0) is 6.42 Å². The molecule has 0 aliphatic rings. The van der Waals surface area contributed by atoms with Crippen LogP contribution in [0.1, 0.15) is 21.5 Å². The molecule has 6 heteroatoms. The van der Waals surface area contributed by atoms with Crippen LogP contribution >= 0.6 is 27.3 Å². The molecule has 1 heterocycles. The molecule has 1 unspecified atom stereocenters. The van der Waals surface area contributed by atoms with Crippen molar-refractivity contribution in [1.82, 2.24) is 10.4 Å². The number of nitrogens with one attached hydrogen (secondary N) is 1. The molecule has 3 N–H and O–H groups in total. The Kier molecular flexibility index (Phi) is 4.93. The molecule has 2 rings (SSSR count). The summed E-state index contributed by atoms with van der Waals surface area (Å²) in [7, 11) is 1.66. The highest BCUT2D eigenvalue weighted by atomic mass is 79.9. The number of methoxy groups -OCH3 is 1. The van der Waals surface area contributed by atoms with E-state index in [1.165, 1.54) is 0 Å². The largest absolute Gasteiger partial charge is 0.497 e. The van der Waals surface area contributed by atoms with Gasteiger partial charge in [-0.1, -0.05) is 15.9 Å². The van der Waals surface area contributed by atoms with Crippen molar-refractivity contribution in [3.63, 3.8) is 0 Å². The minimum absolute atomic E-state index is 0.0506. The van der Waals surface area contributed by atoms with Gasteiger partial charge in [-0.25, -0.2) is 4.98 Å². The van der Waals surface area contributed by atoms with Gasteiger partial charge in [-0.3, -0.25) is 11.3 Å². The van der Waals surface area contributed by atoms with Gasteiger partial charge in [0.15, 0.2) is 0 Å². The van der Waals surface area contributed by atoms with Crippen molar-refractivity contribution in [1.29, 1.82) is 0 Å². The van der Waals surface area contributed by atoms with Gasteiger partial charge in [0.2, 0.25) is 0 Å². The van der Waals surface area contributed by atoms with Crippen LogP contribution in [0.2, 0.25) is 0 Å². The predicted octanol–water partition coefficient (Wildman–Crippen LogP) is 2.97. The number of hydrogen-bond donors (Lipinski definition) is 2. The highest BCUT2D eigenvalue weighted by molar-refractivity contribution is 9.10. The summed E-state index contributed by atoms with van der Waals surface area (Å²) in [5.41, 5.74) is 4.00. The third kappa shape index (κ3) is 3.54. The van der Waals surface area contributed by atoms with Crippen molar-refractivity contribution in [3.05, 3.63) is 44.3 Å². The predicted molar refractivity (Wildman–Crippen MR) is 81.3 cm³/mol. The maximum atomic E-state index is 5.66. The molecule has 1 aromatic carbocycles. The van der Waals surface area contributed by atoms with E-state index in [0.717, 1.165) is 32.1 Å². The van der Waals surface area contributed by atoms with Crippen molar-refractivity contribution in [2.45, 2.75) is 19.4 Å². The van der Waals surface area contributed by atoms with Gasteiger partial charge < -0.3 is 4.74 Å². The lowest BCUT2D eigenvalue weighted by atomic mass is 10.1. The molecule has 0 aliphatic heterocycles. The first-order chi connectivity index (χ1) is 9.13. The van der Waals surface area contributed by atoms with Gasteiger partial charge in [-0.15, -0.1) is 11.3 Å². The smallest absolute Gasteiger partial charge is 0.119 e. The molecule has 1 aromatic heterocycles. The molecule has 0 bridgehead atoms. The maximum Gasteiger partial charge on any atom is 0.119 e. The standard InChI is InChI=1S/C13H16BrN3OS/c1-8-16-7-13(19-8)12(17-15)6-9-5-10(18-2)3-4-11(9)14/h3-5,7,12,17H,6,15H2,1-2H3. The molecule has 0 radical (unpaired) electrons. The Morgan fingerprint density at radius 3 is 2.89 bits per heavy atom. The van der Waals surface area contributed by atoms with E-state index in [1.807, 2.05) is 31.3 Å². The number of aromatic nitrogens is 1. The number of nitrogens with zero attached hydrogens (tertiary/aromatic N) is 1. The minimum Gasteiger partial charge on any atom is -0.497 e. The van der Waals surface area contributed by atoms with E-state index in [2.05, 4.69) is 26.3 Å². The fourth-order valence-corrected chi connectivity index (χ4v) is 3.09. The summed E-state index contributed by atoms with van der Waals surface area (Å²) in [6.07, 6.45) is 2.65. The molecule has 0 aliphatic carbocycles. The monoisotopic (exact) mass is 341 g/mol. The van der Waals surface area contributed by atoms with Gasteiger partial charge in [-0.05, 0) is 37.1 Å². The third-order valence-corrected chi connectivity index (χ3v) is 4.66. The van der Waals surface area contributed by atoms with Gasteiger partial charge >= 0.3 is 0 Å². The molecular formula is C13H16BrN3OS. The van der Waals surface area contributed by atoms with Gasteiger partial charge in [0, 0.05) is 15.5 Å². The topological polar surface area (TPSA) is 60.2 Å². The Bertz CT molecular complexity index is 559. The van der Waals surface area contributed by atoms with Gasteiger partial charge in [0.1, 0.15) is 5.75 Å². The first-order valence-corrected chi connectivity index (χ1v) is 7.46. The second-order valence-electron chi connectivity index (χ2n) is 4.16. The summed E-state index contributed by atoms with van der Waals surface area (Å²) in [5, 5.41) is 1.04. The molecule has 2 aromatic rings. The van der Waals surface area contributed by atoms with Gasteiger partial charge in [0.05, 0.1) is 18.2 Å². The lowest BCUT2D eigenvalue weighted by Gasteiger charge is -2.15. The summed E-state index contributed by atoms with van der Waals surface area (Å²) in [6.45, 7) is 1.99. The van der Waals surface area contributed by atoms with Crippen LogP contribution in [0.25, 0.3) is 0 Å². The minimum atomic E-state index is 0.0506. The zero-order valence-corrected chi connectivity index (χ0v) is 13.2. The molecule has 102 valence electrons. The van der Waals surface area contributed by atoms with Crippen LogP contribution in [0.3, 0.4) is 0 Å². The summed E-state index contributed by atoms with van der Waals surface area (Å²) < 4.78 is 6.30. The summed E-state index contributed by atoms with van der Waals surface area (Å²) >= 11 is 5.21. The van der Waals surface area contributed by atoms with Gasteiger partial charge in [0.25, 0.3) is 0 Å². The zero-order chi connectivity index (χ0) is 13.8. The first kappa shape index (κ1) is 14.5. The highest BCUT2D eigenvalue weighted by Gasteiger charge is 2.15. The van der Waals surface area contributed by atoms with Crippen molar-refractivity contribution in [2.24, 2.45) is 5.84 Å². The number of nitrogens with two attached hydrogens (primary N) is 1. The van der Waals surface area contributed by atoms with Crippen LogP contribution in [-0.4, -0.2) is 12.1 Å². The molecule has 19 heavy (non-hydrogen) atoms. The molecule has 1 atom stereocenters. The quantitative estimate of drug-likeness (QED) is 0.648. The van der Waals surface area contributed by atoms with E-state index < -0.39 is 0 Å². The van der Waals surface area contributed by atoms with E-state index in [0.29, 0.717) is 0 Å². The second-order valence-corrected chi connectivity index (χ2v) is 6.28. The van der Waals surface area contributed by atoms with Crippen LogP contribution < -0.4 is 16.0 Å². The Morgan fingerprint density at radius 1 is 1.53 bits per heavy atom.